The lowest BCUT2D eigenvalue weighted by Gasteiger charge is -2.29. The molecule has 0 saturated carbocycles. The smallest absolute Gasteiger partial charge is 0.416 e. The van der Waals surface area contributed by atoms with E-state index in [-0.39, 0.29) is 19.1 Å². The maximum absolute atomic E-state index is 15.3. The first-order valence-electron chi connectivity index (χ1n) is 11.7. The molecule has 1 atom stereocenters. The molecule has 0 radical (unpaired) electrons. The maximum atomic E-state index is 15.3. The minimum absolute atomic E-state index is 0.0870. The molecule has 184 valence electrons. The van der Waals surface area contributed by atoms with Crippen molar-refractivity contribution in [2.75, 3.05) is 18.1 Å². The number of aromatic nitrogens is 4. The first kappa shape index (κ1) is 22.3. The molecule has 6 rings (SSSR count). The first-order chi connectivity index (χ1) is 17.3. The van der Waals surface area contributed by atoms with Crippen LogP contribution in [0, 0.1) is 5.82 Å². The summed E-state index contributed by atoms with van der Waals surface area (Å²) in [6, 6.07) is 10.3. The van der Waals surface area contributed by atoms with Crippen molar-refractivity contribution in [1.82, 2.24) is 19.6 Å². The summed E-state index contributed by atoms with van der Waals surface area (Å²) in [6.07, 6.45) is 2.54. The number of pyridine rings is 2. The summed E-state index contributed by atoms with van der Waals surface area (Å²) >= 11 is 0. The normalized spacial score (nSPS) is 16.8. The molecule has 2 aliphatic heterocycles. The fourth-order valence-electron chi connectivity index (χ4n) is 4.68. The Balaban J connectivity index is 1.60. The Labute approximate surface area is 206 Å². The molecular weight excluding hydrogens is 465 g/mol. The van der Waals surface area contributed by atoms with E-state index < -0.39 is 17.5 Å². The number of carbonyl (C=O) groups excluding carboxylic acids is 1. The van der Waals surface area contributed by atoms with Gasteiger partial charge in [-0.25, -0.2) is 9.18 Å². The van der Waals surface area contributed by atoms with Crippen LogP contribution in [0.4, 0.5) is 15.0 Å². The van der Waals surface area contributed by atoms with Gasteiger partial charge in [-0.1, -0.05) is 6.07 Å². The zero-order valence-electron chi connectivity index (χ0n) is 20.1. The number of hydrogen-bond acceptors (Lipinski definition) is 7. The van der Waals surface area contributed by atoms with Crippen molar-refractivity contribution >= 4 is 17.6 Å². The van der Waals surface area contributed by atoms with Crippen molar-refractivity contribution in [3.63, 3.8) is 0 Å². The van der Waals surface area contributed by atoms with Crippen LogP contribution in [0.25, 0.3) is 16.9 Å². The molecule has 0 unspecified atom stereocenters. The van der Waals surface area contributed by atoms with Gasteiger partial charge in [-0.2, -0.15) is 0 Å². The van der Waals surface area contributed by atoms with E-state index in [4.69, 9.17) is 14.2 Å². The number of amides is 1. The molecule has 0 bridgehead atoms. The molecule has 0 fully saturated rings. The summed E-state index contributed by atoms with van der Waals surface area (Å²) in [5.41, 5.74) is 2.13. The van der Waals surface area contributed by atoms with Crippen LogP contribution in [0.5, 0.6) is 11.5 Å². The molecule has 0 aliphatic carbocycles. The second-order valence-corrected chi connectivity index (χ2v) is 9.81. The molecule has 36 heavy (non-hydrogen) atoms. The second-order valence-electron chi connectivity index (χ2n) is 9.81. The number of anilines is 1. The van der Waals surface area contributed by atoms with Crippen molar-refractivity contribution < 1.29 is 23.4 Å². The Morgan fingerprint density at radius 3 is 2.69 bits per heavy atom. The Morgan fingerprint density at radius 2 is 1.94 bits per heavy atom. The minimum atomic E-state index is -0.778. The Hall–Kier alpha value is -4.21. The van der Waals surface area contributed by atoms with Crippen LogP contribution in [0.15, 0.2) is 48.9 Å². The lowest BCUT2D eigenvalue weighted by atomic mass is 9.95. The molecule has 10 heteroatoms. The predicted molar refractivity (Wildman–Crippen MR) is 129 cm³/mol. The van der Waals surface area contributed by atoms with E-state index in [1.165, 1.54) is 17.3 Å². The van der Waals surface area contributed by atoms with Crippen LogP contribution in [0.3, 0.4) is 0 Å². The van der Waals surface area contributed by atoms with Crippen molar-refractivity contribution in [2.45, 2.75) is 38.8 Å². The van der Waals surface area contributed by atoms with E-state index in [1.807, 2.05) is 18.2 Å². The van der Waals surface area contributed by atoms with Gasteiger partial charge in [0.2, 0.25) is 0 Å². The molecule has 3 aromatic heterocycles. The SMILES string of the molecule is CC(C)(C)OC(=O)N1Cc2c(F)ccc3c2[C@H](CO3)COc2cc(-c3ccccn3)c3nncn3c21. The van der Waals surface area contributed by atoms with E-state index in [0.29, 0.717) is 52.0 Å². The van der Waals surface area contributed by atoms with Gasteiger partial charge in [0.25, 0.3) is 0 Å². The zero-order chi connectivity index (χ0) is 25.0. The molecule has 5 heterocycles. The van der Waals surface area contributed by atoms with Crippen LogP contribution in [-0.2, 0) is 11.3 Å². The fourth-order valence-corrected chi connectivity index (χ4v) is 4.68. The largest absolute Gasteiger partial charge is 0.493 e. The van der Waals surface area contributed by atoms with Gasteiger partial charge in [0, 0.05) is 22.9 Å². The van der Waals surface area contributed by atoms with Gasteiger partial charge in [-0.3, -0.25) is 14.3 Å². The minimum Gasteiger partial charge on any atom is -0.493 e. The number of fused-ring (bicyclic) bond motifs is 3. The number of halogens is 1. The van der Waals surface area contributed by atoms with Gasteiger partial charge in [0.15, 0.2) is 17.2 Å². The first-order valence-corrected chi connectivity index (χ1v) is 11.7. The topological polar surface area (TPSA) is 91.1 Å². The summed E-state index contributed by atoms with van der Waals surface area (Å²) < 4.78 is 34.8. The second kappa shape index (κ2) is 8.18. The van der Waals surface area contributed by atoms with Crippen molar-refractivity contribution in [3.05, 3.63) is 65.9 Å². The van der Waals surface area contributed by atoms with Gasteiger partial charge in [0.05, 0.1) is 31.4 Å². The van der Waals surface area contributed by atoms with E-state index in [9.17, 15) is 4.79 Å². The highest BCUT2D eigenvalue weighted by molar-refractivity contribution is 5.91. The molecule has 0 saturated heterocycles. The van der Waals surface area contributed by atoms with Crippen molar-refractivity contribution in [1.29, 1.82) is 0 Å². The van der Waals surface area contributed by atoms with Gasteiger partial charge >= 0.3 is 6.09 Å². The third kappa shape index (κ3) is 3.69. The summed E-state index contributed by atoms with van der Waals surface area (Å²) in [4.78, 5) is 19.4. The molecule has 1 amide bonds. The Kier molecular flexibility index (Phi) is 5.06. The van der Waals surface area contributed by atoms with E-state index in [0.717, 1.165) is 0 Å². The molecule has 9 nitrogen and oxygen atoms in total. The third-order valence-corrected chi connectivity index (χ3v) is 6.19. The molecule has 0 N–H and O–H groups in total. The van der Waals surface area contributed by atoms with Gasteiger partial charge in [0.1, 0.15) is 23.5 Å². The molecule has 0 spiro atoms. The predicted octanol–water partition coefficient (Wildman–Crippen LogP) is 4.74. The summed E-state index contributed by atoms with van der Waals surface area (Å²) in [5, 5.41) is 8.40. The summed E-state index contributed by atoms with van der Waals surface area (Å²) in [7, 11) is 0. The molecule has 4 aromatic rings. The van der Waals surface area contributed by atoms with Gasteiger partial charge in [-0.05, 0) is 51.1 Å². The zero-order valence-corrected chi connectivity index (χ0v) is 20.1. The van der Waals surface area contributed by atoms with Gasteiger partial charge < -0.3 is 14.2 Å². The molecular formula is C26H24FN5O4. The lowest BCUT2D eigenvalue weighted by molar-refractivity contribution is 0.0574. The highest BCUT2D eigenvalue weighted by Crippen LogP contribution is 2.43. The highest BCUT2D eigenvalue weighted by atomic mass is 19.1. The number of carbonyl (C=O) groups is 1. The van der Waals surface area contributed by atoms with E-state index in [2.05, 4.69) is 15.2 Å². The molecule has 2 aliphatic rings. The van der Waals surface area contributed by atoms with Crippen LogP contribution in [-0.4, -0.2) is 44.5 Å². The third-order valence-electron chi connectivity index (χ3n) is 6.19. The monoisotopic (exact) mass is 489 g/mol. The summed E-state index contributed by atoms with van der Waals surface area (Å²) in [5.74, 6) is 0.717. The maximum Gasteiger partial charge on any atom is 0.416 e. The molecule has 1 aromatic carbocycles. The number of ether oxygens (including phenoxy) is 3. The number of rotatable bonds is 1. The Bertz CT molecular complexity index is 1480. The van der Waals surface area contributed by atoms with Crippen LogP contribution >= 0.6 is 0 Å². The van der Waals surface area contributed by atoms with Crippen molar-refractivity contribution in [3.8, 4) is 22.8 Å². The fraction of sp³-hybridized carbons (Fsp3) is 0.308. The number of hydrogen-bond donors (Lipinski definition) is 0. The van der Waals surface area contributed by atoms with Crippen LogP contribution in [0.2, 0.25) is 0 Å². The Morgan fingerprint density at radius 1 is 1.14 bits per heavy atom. The van der Waals surface area contributed by atoms with Crippen LogP contribution in [0.1, 0.15) is 37.8 Å². The highest BCUT2D eigenvalue weighted by Gasteiger charge is 2.37. The average molecular weight is 490 g/mol. The lowest BCUT2D eigenvalue weighted by Crippen LogP contribution is -2.38. The van der Waals surface area contributed by atoms with E-state index in [1.54, 1.807) is 43.5 Å². The van der Waals surface area contributed by atoms with Gasteiger partial charge in [-0.15, -0.1) is 10.2 Å². The standard InChI is InChI=1S/C26H24FN5O4/c1-26(2,3)36-25(33)31-11-17-18(27)7-8-20-22(17)15(12-34-20)13-35-21-10-16(19-6-4-5-9-28-19)23-30-29-14-32(23)24(21)31/h4-10,14-15H,11-13H2,1-3H3/t15-/m1/s1. The number of nitrogens with zero attached hydrogens (tertiary/aromatic N) is 5. The average Bonchev–Trinajstić information content (AvgIpc) is 3.49. The van der Waals surface area contributed by atoms with Crippen molar-refractivity contribution in [2.24, 2.45) is 0 Å². The van der Waals surface area contributed by atoms with Crippen LogP contribution < -0.4 is 14.4 Å². The van der Waals surface area contributed by atoms with E-state index >= 15 is 4.39 Å². The summed E-state index contributed by atoms with van der Waals surface area (Å²) in [6.45, 7) is 5.84. The number of benzene rings is 1. The quantitative estimate of drug-likeness (QED) is 0.381.